The zero-order valence-corrected chi connectivity index (χ0v) is 14.0. The molecule has 0 radical (unpaired) electrons. The van der Waals surface area contributed by atoms with Crippen molar-refractivity contribution < 1.29 is 13.9 Å². The van der Waals surface area contributed by atoms with Crippen LogP contribution in [0.2, 0.25) is 0 Å². The van der Waals surface area contributed by atoms with Gasteiger partial charge in [0.2, 0.25) is 5.89 Å². The topological polar surface area (TPSA) is 75.2 Å². The van der Waals surface area contributed by atoms with Gasteiger partial charge in [-0.2, -0.15) is 0 Å². The molecular formula is C18H20N4O3. The van der Waals surface area contributed by atoms with Crippen LogP contribution in [0.1, 0.15) is 29.9 Å². The highest BCUT2D eigenvalue weighted by Gasteiger charge is 2.34. The largest absolute Gasteiger partial charge is 0.484 e. The number of aryl methyl sites for hydroxylation is 1. The maximum Gasteiger partial charge on any atom is 0.254 e. The molecule has 0 aliphatic carbocycles. The number of ether oxygens (including phenoxy) is 2. The molecule has 1 aliphatic heterocycles. The van der Waals surface area contributed by atoms with Crippen LogP contribution >= 0.6 is 0 Å². The van der Waals surface area contributed by atoms with Gasteiger partial charge < -0.3 is 18.5 Å². The molecule has 25 heavy (non-hydrogen) atoms. The molecule has 1 aromatic carbocycles. The van der Waals surface area contributed by atoms with E-state index in [1.165, 1.54) is 0 Å². The summed E-state index contributed by atoms with van der Waals surface area (Å²) < 4.78 is 19.4. The van der Waals surface area contributed by atoms with E-state index < -0.39 is 0 Å². The maximum absolute atomic E-state index is 5.82. The fourth-order valence-electron chi connectivity index (χ4n) is 3.06. The van der Waals surface area contributed by atoms with Gasteiger partial charge in [-0.3, -0.25) is 0 Å². The first-order valence-corrected chi connectivity index (χ1v) is 8.37. The fourth-order valence-corrected chi connectivity index (χ4v) is 3.06. The number of hydrogen-bond acceptors (Lipinski definition) is 6. The van der Waals surface area contributed by atoms with Crippen molar-refractivity contribution in [3.63, 3.8) is 0 Å². The van der Waals surface area contributed by atoms with Gasteiger partial charge in [-0.15, -0.1) is 10.2 Å². The summed E-state index contributed by atoms with van der Waals surface area (Å²) in [5.41, 5.74) is 1.07. The van der Waals surface area contributed by atoms with Crippen molar-refractivity contribution in [2.75, 3.05) is 6.61 Å². The molecule has 0 unspecified atom stereocenters. The van der Waals surface area contributed by atoms with Crippen molar-refractivity contribution in [2.24, 2.45) is 5.92 Å². The Labute approximate surface area is 145 Å². The Kier molecular flexibility index (Phi) is 4.47. The summed E-state index contributed by atoms with van der Waals surface area (Å²) in [5, 5.41) is 8.26. The van der Waals surface area contributed by atoms with Crippen LogP contribution in [0.4, 0.5) is 0 Å². The molecule has 0 saturated carbocycles. The zero-order valence-electron chi connectivity index (χ0n) is 14.0. The summed E-state index contributed by atoms with van der Waals surface area (Å²) in [6.07, 6.45) is 6.32. The number of benzene rings is 1. The number of imidazole rings is 1. The highest BCUT2D eigenvalue weighted by Crippen LogP contribution is 2.35. The average molecular weight is 340 g/mol. The van der Waals surface area contributed by atoms with Gasteiger partial charge in [-0.1, -0.05) is 18.2 Å². The lowest BCUT2D eigenvalue weighted by molar-refractivity contribution is 0.0617. The van der Waals surface area contributed by atoms with Gasteiger partial charge in [0.25, 0.3) is 5.89 Å². The molecule has 1 aliphatic rings. The van der Waals surface area contributed by atoms with E-state index in [9.17, 15) is 0 Å². The predicted molar refractivity (Wildman–Crippen MR) is 88.8 cm³/mol. The Hall–Kier alpha value is -2.67. The minimum atomic E-state index is -0.179. The molecule has 0 N–H and O–H groups in total. The molecule has 0 bridgehead atoms. The molecule has 1 saturated heterocycles. The third-order valence-electron chi connectivity index (χ3n) is 4.39. The van der Waals surface area contributed by atoms with Crippen molar-refractivity contribution in [2.45, 2.75) is 32.6 Å². The summed E-state index contributed by atoms with van der Waals surface area (Å²) in [6.45, 7) is 3.77. The van der Waals surface area contributed by atoms with Gasteiger partial charge in [-0.25, -0.2) is 4.98 Å². The Morgan fingerprint density at radius 2 is 2.20 bits per heavy atom. The summed E-state index contributed by atoms with van der Waals surface area (Å²) in [5.74, 6) is 2.08. The molecule has 0 amide bonds. The minimum Gasteiger partial charge on any atom is -0.484 e. The first-order chi connectivity index (χ1) is 12.3. The second kappa shape index (κ2) is 7.06. The minimum absolute atomic E-state index is 0.179. The number of para-hydroxylation sites is 1. The second-order valence-electron chi connectivity index (χ2n) is 6.19. The number of hydrogen-bond donors (Lipinski definition) is 0. The van der Waals surface area contributed by atoms with E-state index in [2.05, 4.69) is 15.2 Å². The monoisotopic (exact) mass is 340 g/mol. The van der Waals surface area contributed by atoms with Gasteiger partial charge in [-0.05, 0) is 25.0 Å². The standard InChI is InChI=1S/C18H20N4O3/c1-13-4-2-3-5-15(13)24-11-16-20-21-18(25-16)17-14(6-9-23-17)10-22-8-7-19-12-22/h2-5,7-8,12,14,17H,6,9-11H2,1H3/t14-,17-/m0/s1. The number of aromatic nitrogens is 4. The van der Waals surface area contributed by atoms with E-state index in [0.29, 0.717) is 24.3 Å². The summed E-state index contributed by atoms with van der Waals surface area (Å²) >= 11 is 0. The lowest BCUT2D eigenvalue weighted by Gasteiger charge is -2.15. The highest BCUT2D eigenvalue weighted by atomic mass is 16.5. The van der Waals surface area contributed by atoms with E-state index in [4.69, 9.17) is 13.9 Å². The molecule has 3 heterocycles. The summed E-state index contributed by atoms with van der Waals surface area (Å²) in [6, 6.07) is 7.84. The van der Waals surface area contributed by atoms with Gasteiger partial charge in [0, 0.05) is 31.5 Å². The van der Waals surface area contributed by atoms with Crippen molar-refractivity contribution in [1.82, 2.24) is 19.7 Å². The maximum atomic E-state index is 5.82. The van der Waals surface area contributed by atoms with E-state index >= 15 is 0 Å². The molecule has 2 atom stereocenters. The Bertz CT molecular complexity index is 815. The van der Waals surface area contributed by atoms with Gasteiger partial charge in [0.1, 0.15) is 11.9 Å². The van der Waals surface area contributed by atoms with Crippen molar-refractivity contribution in [3.05, 3.63) is 60.3 Å². The van der Waals surface area contributed by atoms with Crippen LogP contribution in [0.15, 0.2) is 47.4 Å². The van der Waals surface area contributed by atoms with Gasteiger partial charge in [0.15, 0.2) is 6.61 Å². The third-order valence-corrected chi connectivity index (χ3v) is 4.39. The molecule has 3 aromatic rings. The van der Waals surface area contributed by atoms with E-state index in [-0.39, 0.29) is 12.7 Å². The number of nitrogens with zero attached hydrogens (tertiary/aromatic N) is 4. The van der Waals surface area contributed by atoms with Crippen LogP contribution < -0.4 is 4.74 Å². The molecule has 0 spiro atoms. The molecule has 2 aromatic heterocycles. The second-order valence-corrected chi connectivity index (χ2v) is 6.19. The summed E-state index contributed by atoms with van der Waals surface area (Å²) in [7, 11) is 0. The van der Waals surface area contributed by atoms with Crippen LogP contribution in [0.3, 0.4) is 0 Å². The van der Waals surface area contributed by atoms with Crippen LogP contribution in [0.25, 0.3) is 0 Å². The van der Waals surface area contributed by atoms with Crippen molar-refractivity contribution >= 4 is 0 Å². The van der Waals surface area contributed by atoms with E-state index in [1.807, 2.05) is 48.3 Å². The first-order valence-electron chi connectivity index (χ1n) is 8.37. The third kappa shape index (κ3) is 3.56. The first kappa shape index (κ1) is 15.8. The summed E-state index contributed by atoms with van der Waals surface area (Å²) in [4.78, 5) is 4.08. The molecule has 4 rings (SSSR count). The van der Waals surface area contributed by atoms with Crippen LogP contribution in [-0.4, -0.2) is 26.4 Å². The van der Waals surface area contributed by atoms with Gasteiger partial charge >= 0.3 is 0 Å². The van der Waals surface area contributed by atoms with Crippen molar-refractivity contribution in [3.8, 4) is 5.75 Å². The zero-order chi connectivity index (χ0) is 17.1. The molecule has 7 nitrogen and oxygen atoms in total. The fraction of sp³-hybridized carbons (Fsp3) is 0.389. The molecular weight excluding hydrogens is 320 g/mol. The normalized spacial score (nSPS) is 20.0. The smallest absolute Gasteiger partial charge is 0.254 e. The van der Waals surface area contributed by atoms with Gasteiger partial charge in [0.05, 0.1) is 6.33 Å². The lowest BCUT2D eigenvalue weighted by atomic mass is 10.0. The number of rotatable bonds is 6. The van der Waals surface area contributed by atoms with Crippen LogP contribution in [0, 0.1) is 12.8 Å². The van der Waals surface area contributed by atoms with E-state index in [1.54, 1.807) is 6.20 Å². The lowest BCUT2D eigenvalue weighted by Crippen LogP contribution is -2.14. The Balaban J connectivity index is 1.41. The van der Waals surface area contributed by atoms with E-state index in [0.717, 1.165) is 24.3 Å². The Morgan fingerprint density at radius 3 is 3.04 bits per heavy atom. The van der Waals surface area contributed by atoms with Crippen LogP contribution in [-0.2, 0) is 17.9 Å². The van der Waals surface area contributed by atoms with Crippen molar-refractivity contribution in [1.29, 1.82) is 0 Å². The SMILES string of the molecule is Cc1ccccc1OCc1nnc([C@H]2OCC[C@H]2Cn2ccnc2)o1. The molecule has 130 valence electrons. The average Bonchev–Trinajstić information content (AvgIpc) is 3.36. The molecule has 1 fully saturated rings. The predicted octanol–water partition coefficient (Wildman–Crippen LogP) is 2.93. The van der Waals surface area contributed by atoms with Crippen LogP contribution in [0.5, 0.6) is 5.75 Å². The Morgan fingerprint density at radius 1 is 1.28 bits per heavy atom. The highest BCUT2D eigenvalue weighted by molar-refractivity contribution is 5.31. The quantitative estimate of drug-likeness (QED) is 0.687. The molecule has 7 heteroatoms.